The van der Waals surface area contributed by atoms with Crippen molar-refractivity contribution in [2.24, 2.45) is 0 Å². The number of halogens is 2. The second kappa shape index (κ2) is 4.95. The Bertz CT molecular complexity index is 400. The van der Waals surface area contributed by atoms with Crippen LogP contribution in [0.25, 0.3) is 0 Å². The molecule has 0 aliphatic carbocycles. The van der Waals surface area contributed by atoms with Crippen molar-refractivity contribution in [2.75, 3.05) is 13.1 Å². The third kappa shape index (κ3) is 2.43. The maximum Gasteiger partial charge on any atom is 0.137 e. The van der Waals surface area contributed by atoms with E-state index in [2.05, 4.69) is 20.8 Å². The molecule has 1 aliphatic rings. The van der Waals surface area contributed by atoms with Crippen LogP contribution in [0.5, 0.6) is 0 Å². The first-order valence-electron chi connectivity index (χ1n) is 5.47. The summed E-state index contributed by atoms with van der Waals surface area (Å²) in [5.41, 5.74) is 0.773. The summed E-state index contributed by atoms with van der Waals surface area (Å²) in [6, 6.07) is 4.74. The smallest absolute Gasteiger partial charge is 0.137 e. The van der Waals surface area contributed by atoms with Crippen LogP contribution in [0.4, 0.5) is 4.39 Å². The summed E-state index contributed by atoms with van der Waals surface area (Å²) in [7, 11) is 0. The molecule has 2 nitrogen and oxygen atoms in total. The molecule has 16 heavy (non-hydrogen) atoms. The molecule has 1 heterocycles. The zero-order valence-corrected chi connectivity index (χ0v) is 10.6. The average Bonchev–Trinajstić information content (AvgIpc) is 2.33. The summed E-state index contributed by atoms with van der Waals surface area (Å²) >= 11 is 3.15. The first-order chi connectivity index (χ1) is 7.68. The summed E-state index contributed by atoms with van der Waals surface area (Å²) in [6.07, 6.45) is 3.53. The lowest BCUT2D eigenvalue weighted by Crippen LogP contribution is -2.35. The minimum absolute atomic E-state index is 0.282. The molecule has 0 amide bonds. The van der Waals surface area contributed by atoms with E-state index in [1.165, 1.54) is 12.5 Å². The number of amidine groups is 1. The Morgan fingerprint density at radius 3 is 2.56 bits per heavy atom. The van der Waals surface area contributed by atoms with E-state index in [4.69, 9.17) is 5.41 Å². The number of rotatable bonds is 1. The Morgan fingerprint density at radius 1 is 1.25 bits per heavy atom. The van der Waals surface area contributed by atoms with E-state index in [-0.39, 0.29) is 5.82 Å². The van der Waals surface area contributed by atoms with Gasteiger partial charge in [-0.3, -0.25) is 5.41 Å². The van der Waals surface area contributed by atoms with Crippen molar-refractivity contribution in [3.8, 4) is 0 Å². The quantitative estimate of drug-likeness (QED) is 0.621. The van der Waals surface area contributed by atoms with Crippen molar-refractivity contribution in [3.63, 3.8) is 0 Å². The second-order valence-corrected chi connectivity index (χ2v) is 4.88. The fourth-order valence-electron chi connectivity index (χ4n) is 1.94. The monoisotopic (exact) mass is 284 g/mol. The Kier molecular flexibility index (Phi) is 3.59. The maximum atomic E-state index is 13.1. The second-order valence-electron chi connectivity index (χ2n) is 4.03. The molecular weight excluding hydrogens is 271 g/mol. The zero-order chi connectivity index (χ0) is 11.5. The lowest BCUT2D eigenvalue weighted by molar-refractivity contribution is 0.341. The summed E-state index contributed by atoms with van der Waals surface area (Å²) < 4.78 is 13.5. The van der Waals surface area contributed by atoms with Gasteiger partial charge in [-0.1, -0.05) is 0 Å². The van der Waals surface area contributed by atoms with Crippen LogP contribution in [0.2, 0.25) is 0 Å². The first kappa shape index (κ1) is 11.6. The summed E-state index contributed by atoms with van der Waals surface area (Å²) in [6.45, 7) is 1.88. The van der Waals surface area contributed by atoms with Crippen molar-refractivity contribution in [3.05, 3.63) is 34.1 Å². The highest BCUT2D eigenvalue weighted by atomic mass is 79.9. The molecule has 1 aliphatic heterocycles. The van der Waals surface area contributed by atoms with Crippen LogP contribution in [-0.4, -0.2) is 23.8 Å². The molecule has 0 atom stereocenters. The first-order valence-corrected chi connectivity index (χ1v) is 6.27. The van der Waals surface area contributed by atoms with Crippen LogP contribution in [0.1, 0.15) is 24.8 Å². The fourth-order valence-corrected chi connectivity index (χ4v) is 2.32. The van der Waals surface area contributed by atoms with E-state index < -0.39 is 0 Å². The largest absolute Gasteiger partial charge is 0.357 e. The Balaban J connectivity index is 2.16. The fraction of sp³-hybridized carbons (Fsp3) is 0.417. The normalized spacial score (nSPS) is 16.2. The topological polar surface area (TPSA) is 27.1 Å². The van der Waals surface area contributed by atoms with Gasteiger partial charge in [-0.05, 0) is 53.4 Å². The van der Waals surface area contributed by atoms with Crippen LogP contribution in [-0.2, 0) is 0 Å². The summed E-state index contributed by atoms with van der Waals surface area (Å²) in [4.78, 5) is 2.06. The standard InChI is InChI=1S/C12H14BrFN2/c13-10-8-9(4-5-11(10)14)12(15)16-6-2-1-3-7-16/h4-5,8,15H,1-3,6-7H2. The highest BCUT2D eigenvalue weighted by molar-refractivity contribution is 9.10. The molecule has 1 N–H and O–H groups in total. The van der Waals surface area contributed by atoms with E-state index in [0.717, 1.165) is 31.5 Å². The number of piperidine rings is 1. The molecule has 2 rings (SSSR count). The van der Waals surface area contributed by atoms with Gasteiger partial charge in [-0.2, -0.15) is 0 Å². The predicted octanol–water partition coefficient (Wildman–Crippen LogP) is 3.40. The number of nitrogens with one attached hydrogen (secondary N) is 1. The van der Waals surface area contributed by atoms with E-state index in [1.54, 1.807) is 12.1 Å². The number of benzene rings is 1. The van der Waals surface area contributed by atoms with Gasteiger partial charge in [0.15, 0.2) is 0 Å². The van der Waals surface area contributed by atoms with Crippen molar-refractivity contribution in [1.29, 1.82) is 5.41 Å². The maximum absolute atomic E-state index is 13.1. The van der Waals surface area contributed by atoms with Gasteiger partial charge in [0.05, 0.1) is 4.47 Å². The van der Waals surface area contributed by atoms with Crippen LogP contribution < -0.4 is 0 Å². The molecule has 1 saturated heterocycles. The Labute approximate surface area is 103 Å². The molecule has 0 bridgehead atoms. The third-order valence-corrected chi connectivity index (χ3v) is 3.47. The van der Waals surface area contributed by atoms with Crippen molar-refractivity contribution >= 4 is 21.8 Å². The van der Waals surface area contributed by atoms with Gasteiger partial charge in [0, 0.05) is 18.7 Å². The van der Waals surface area contributed by atoms with Crippen LogP contribution in [0, 0.1) is 11.2 Å². The molecule has 86 valence electrons. The lowest BCUT2D eigenvalue weighted by atomic mass is 10.1. The predicted molar refractivity (Wildman–Crippen MR) is 66.4 cm³/mol. The SMILES string of the molecule is N=C(c1ccc(F)c(Br)c1)N1CCCCC1. The van der Waals surface area contributed by atoms with Gasteiger partial charge in [-0.25, -0.2) is 4.39 Å². The van der Waals surface area contributed by atoms with Gasteiger partial charge < -0.3 is 4.90 Å². The molecule has 4 heteroatoms. The number of nitrogens with zero attached hydrogens (tertiary/aromatic N) is 1. The lowest BCUT2D eigenvalue weighted by Gasteiger charge is -2.29. The summed E-state index contributed by atoms with van der Waals surface area (Å²) in [5.74, 6) is 0.218. The third-order valence-electron chi connectivity index (χ3n) is 2.87. The molecule has 0 aromatic heterocycles. The molecule has 0 radical (unpaired) electrons. The molecule has 1 fully saturated rings. The van der Waals surface area contributed by atoms with Crippen molar-refractivity contribution in [2.45, 2.75) is 19.3 Å². The van der Waals surface area contributed by atoms with Crippen LogP contribution >= 0.6 is 15.9 Å². The van der Waals surface area contributed by atoms with Crippen molar-refractivity contribution < 1.29 is 4.39 Å². The van der Waals surface area contributed by atoms with E-state index in [0.29, 0.717) is 10.3 Å². The van der Waals surface area contributed by atoms with E-state index >= 15 is 0 Å². The van der Waals surface area contributed by atoms with E-state index in [1.807, 2.05) is 0 Å². The molecule has 1 aromatic rings. The van der Waals surface area contributed by atoms with Gasteiger partial charge in [0.25, 0.3) is 0 Å². The molecule has 0 unspecified atom stereocenters. The van der Waals surface area contributed by atoms with Gasteiger partial charge in [-0.15, -0.1) is 0 Å². The number of hydrogen-bond donors (Lipinski definition) is 1. The molecule has 0 saturated carbocycles. The Morgan fingerprint density at radius 2 is 1.94 bits per heavy atom. The molecular formula is C12H14BrFN2. The number of likely N-dealkylation sites (tertiary alicyclic amines) is 1. The number of hydrogen-bond acceptors (Lipinski definition) is 1. The van der Waals surface area contributed by atoms with Crippen LogP contribution in [0.3, 0.4) is 0 Å². The van der Waals surface area contributed by atoms with Gasteiger partial charge >= 0.3 is 0 Å². The minimum Gasteiger partial charge on any atom is -0.357 e. The average molecular weight is 285 g/mol. The summed E-state index contributed by atoms with van der Waals surface area (Å²) in [5, 5.41) is 8.07. The highest BCUT2D eigenvalue weighted by Gasteiger charge is 2.15. The van der Waals surface area contributed by atoms with E-state index in [9.17, 15) is 4.39 Å². The zero-order valence-electron chi connectivity index (χ0n) is 8.97. The Hall–Kier alpha value is -0.900. The van der Waals surface area contributed by atoms with Gasteiger partial charge in [0.2, 0.25) is 0 Å². The van der Waals surface area contributed by atoms with Crippen molar-refractivity contribution in [1.82, 2.24) is 4.90 Å². The van der Waals surface area contributed by atoms with Crippen LogP contribution in [0.15, 0.2) is 22.7 Å². The minimum atomic E-state index is -0.282. The molecule has 1 aromatic carbocycles. The van der Waals surface area contributed by atoms with Gasteiger partial charge in [0.1, 0.15) is 11.7 Å². The molecule has 0 spiro atoms. The highest BCUT2D eigenvalue weighted by Crippen LogP contribution is 2.19.